The number of benzene rings is 1. The van der Waals surface area contributed by atoms with Crippen LogP contribution >= 0.6 is 0 Å². The van der Waals surface area contributed by atoms with E-state index in [1.54, 1.807) is 41.6 Å². The third-order valence-electron chi connectivity index (χ3n) is 5.62. The lowest BCUT2D eigenvalue weighted by Gasteiger charge is -2.31. The fourth-order valence-corrected chi connectivity index (χ4v) is 3.67. The van der Waals surface area contributed by atoms with Crippen molar-refractivity contribution in [1.82, 2.24) is 20.5 Å². The molecule has 1 aliphatic heterocycles. The molecule has 1 aromatic carbocycles. The average molecular weight is 422 g/mol. The standard InChI is InChI=1S/C23H27N5O3/c29-21(25-15-16-3-2-10-24-14-16)17-8-11-28(12-9-17)22(30)18-4-1-5-20(13-18)27-23(31)26-19-6-7-19/h1-5,10,13-14,17,19H,6-9,11-12,15H2,(H,25,29)(H2,26,27,31). The van der Waals surface area contributed by atoms with Crippen LogP contribution in [-0.4, -0.2) is 46.9 Å². The molecule has 0 spiro atoms. The normalized spacial score (nSPS) is 16.5. The lowest BCUT2D eigenvalue weighted by Crippen LogP contribution is -2.43. The number of nitrogens with one attached hydrogen (secondary N) is 3. The van der Waals surface area contributed by atoms with Crippen LogP contribution < -0.4 is 16.0 Å². The van der Waals surface area contributed by atoms with Gasteiger partial charge in [-0.3, -0.25) is 14.6 Å². The molecule has 8 heteroatoms. The Balaban J connectivity index is 1.26. The van der Waals surface area contributed by atoms with Crippen LogP contribution in [0.4, 0.5) is 10.5 Å². The van der Waals surface area contributed by atoms with Gasteiger partial charge in [-0.2, -0.15) is 0 Å². The van der Waals surface area contributed by atoms with Crippen molar-refractivity contribution in [3.8, 4) is 0 Å². The molecule has 0 unspecified atom stereocenters. The summed E-state index contributed by atoms with van der Waals surface area (Å²) in [6.45, 7) is 1.52. The fraction of sp³-hybridized carbons (Fsp3) is 0.391. The number of piperidine rings is 1. The van der Waals surface area contributed by atoms with E-state index in [1.807, 2.05) is 12.1 Å². The minimum absolute atomic E-state index is 0.0174. The molecular formula is C23H27N5O3. The number of likely N-dealkylation sites (tertiary alicyclic amines) is 1. The number of aromatic nitrogens is 1. The second-order valence-corrected chi connectivity index (χ2v) is 8.10. The second kappa shape index (κ2) is 9.59. The molecular weight excluding hydrogens is 394 g/mol. The fourth-order valence-electron chi connectivity index (χ4n) is 3.67. The molecule has 2 fully saturated rings. The summed E-state index contributed by atoms with van der Waals surface area (Å²) < 4.78 is 0. The van der Waals surface area contributed by atoms with Gasteiger partial charge in [0.2, 0.25) is 5.91 Å². The second-order valence-electron chi connectivity index (χ2n) is 8.10. The lowest BCUT2D eigenvalue weighted by molar-refractivity contribution is -0.126. The van der Waals surface area contributed by atoms with Gasteiger partial charge < -0.3 is 20.9 Å². The number of nitrogens with zero attached hydrogens (tertiary/aromatic N) is 2. The van der Waals surface area contributed by atoms with Crippen molar-refractivity contribution < 1.29 is 14.4 Å². The molecule has 1 saturated heterocycles. The van der Waals surface area contributed by atoms with Gasteiger partial charge in [-0.1, -0.05) is 12.1 Å². The zero-order valence-corrected chi connectivity index (χ0v) is 17.3. The maximum absolute atomic E-state index is 12.9. The van der Waals surface area contributed by atoms with Gasteiger partial charge in [0.25, 0.3) is 5.91 Å². The highest BCUT2D eigenvalue weighted by molar-refractivity contribution is 5.97. The van der Waals surface area contributed by atoms with Gasteiger partial charge in [-0.25, -0.2) is 4.79 Å². The van der Waals surface area contributed by atoms with E-state index in [0.717, 1.165) is 18.4 Å². The van der Waals surface area contributed by atoms with Crippen LogP contribution in [-0.2, 0) is 11.3 Å². The topological polar surface area (TPSA) is 103 Å². The van der Waals surface area contributed by atoms with Crippen LogP contribution in [0, 0.1) is 5.92 Å². The van der Waals surface area contributed by atoms with Crippen LogP contribution in [0.3, 0.4) is 0 Å². The van der Waals surface area contributed by atoms with Crippen molar-refractivity contribution in [2.45, 2.75) is 38.3 Å². The molecule has 8 nitrogen and oxygen atoms in total. The van der Waals surface area contributed by atoms with E-state index in [0.29, 0.717) is 43.7 Å². The Morgan fingerprint density at radius 3 is 2.55 bits per heavy atom. The molecule has 1 aliphatic carbocycles. The summed E-state index contributed by atoms with van der Waals surface area (Å²) in [5, 5.41) is 8.61. The minimum Gasteiger partial charge on any atom is -0.352 e. The van der Waals surface area contributed by atoms with Crippen molar-refractivity contribution in [3.63, 3.8) is 0 Å². The summed E-state index contributed by atoms with van der Waals surface area (Å²) >= 11 is 0. The Bertz CT molecular complexity index is 937. The van der Waals surface area contributed by atoms with E-state index in [4.69, 9.17) is 0 Å². The first-order valence-electron chi connectivity index (χ1n) is 10.7. The molecule has 1 aromatic heterocycles. The average Bonchev–Trinajstić information content (AvgIpc) is 3.62. The largest absolute Gasteiger partial charge is 0.352 e. The molecule has 0 bridgehead atoms. The molecule has 1 saturated carbocycles. The van der Waals surface area contributed by atoms with Crippen molar-refractivity contribution >= 4 is 23.5 Å². The van der Waals surface area contributed by atoms with Crippen molar-refractivity contribution in [3.05, 3.63) is 59.9 Å². The Morgan fingerprint density at radius 1 is 1.03 bits per heavy atom. The number of anilines is 1. The number of amides is 4. The van der Waals surface area contributed by atoms with E-state index in [2.05, 4.69) is 20.9 Å². The number of carbonyl (C=O) groups excluding carboxylic acids is 3. The monoisotopic (exact) mass is 421 g/mol. The van der Waals surface area contributed by atoms with Crippen LogP contribution in [0.1, 0.15) is 41.6 Å². The van der Waals surface area contributed by atoms with Gasteiger partial charge in [0.05, 0.1) is 0 Å². The Morgan fingerprint density at radius 2 is 1.84 bits per heavy atom. The summed E-state index contributed by atoms with van der Waals surface area (Å²) in [6, 6.07) is 10.8. The number of urea groups is 1. The van der Waals surface area contributed by atoms with Gasteiger partial charge in [0.1, 0.15) is 0 Å². The maximum Gasteiger partial charge on any atom is 0.319 e. The molecule has 4 amide bonds. The van der Waals surface area contributed by atoms with Crippen LogP contribution in [0.15, 0.2) is 48.8 Å². The smallest absolute Gasteiger partial charge is 0.319 e. The summed E-state index contributed by atoms with van der Waals surface area (Å²) in [5.41, 5.74) is 2.08. The third kappa shape index (κ3) is 5.81. The van der Waals surface area contributed by atoms with E-state index in [-0.39, 0.29) is 29.8 Å². The first-order chi connectivity index (χ1) is 15.1. The first-order valence-corrected chi connectivity index (χ1v) is 10.7. The first kappa shape index (κ1) is 20.8. The van der Waals surface area contributed by atoms with Gasteiger partial charge in [-0.05, 0) is 55.5 Å². The van der Waals surface area contributed by atoms with Crippen LogP contribution in [0.2, 0.25) is 0 Å². The van der Waals surface area contributed by atoms with E-state index >= 15 is 0 Å². The highest BCUT2D eigenvalue weighted by Gasteiger charge is 2.28. The number of hydrogen-bond donors (Lipinski definition) is 3. The van der Waals surface area contributed by atoms with Crippen LogP contribution in [0.25, 0.3) is 0 Å². The molecule has 0 radical (unpaired) electrons. The van der Waals surface area contributed by atoms with Gasteiger partial charge in [-0.15, -0.1) is 0 Å². The molecule has 2 aliphatic rings. The highest BCUT2D eigenvalue weighted by atomic mass is 16.2. The molecule has 2 heterocycles. The molecule has 3 N–H and O–H groups in total. The molecule has 0 atom stereocenters. The highest BCUT2D eigenvalue weighted by Crippen LogP contribution is 2.21. The maximum atomic E-state index is 12.9. The summed E-state index contributed by atoms with van der Waals surface area (Å²) in [5.74, 6) is -0.163. The van der Waals surface area contributed by atoms with Gasteiger partial charge in [0, 0.05) is 55.2 Å². The molecule has 162 valence electrons. The summed E-state index contributed by atoms with van der Waals surface area (Å²) in [4.78, 5) is 43.1. The molecule has 4 rings (SSSR count). The number of hydrogen-bond acceptors (Lipinski definition) is 4. The Kier molecular flexibility index (Phi) is 6.45. The summed E-state index contributed by atoms with van der Waals surface area (Å²) in [6.07, 6.45) is 6.73. The van der Waals surface area contributed by atoms with E-state index < -0.39 is 0 Å². The van der Waals surface area contributed by atoms with Crippen LogP contribution in [0.5, 0.6) is 0 Å². The minimum atomic E-state index is -0.245. The van der Waals surface area contributed by atoms with Gasteiger partial charge >= 0.3 is 6.03 Å². The third-order valence-corrected chi connectivity index (χ3v) is 5.62. The lowest BCUT2D eigenvalue weighted by atomic mass is 9.95. The summed E-state index contributed by atoms with van der Waals surface area (Å²) in [7, 11) is 0. The zero-order chi connectivity index (χ0) is 21.6. The Hall–Kier alpha value is -3.42. The SMILES string of the molecule is O=C(Nc1cccc(C(=O)N2CCC(C(=O)NCc3cccnc3)CC2)c1)NC1CC1. The van der Waals surface area contributed by atoms with Gasteiger partial charge in [0.15, 0.2) is 0 Å². The van der Waals surface area contributed by atoms with Crippen molar-refractivity contribution in [1.29, 1.82) is 0 Å². The quantitative estimate of drug-likeness (QED) is 0.667. The number of pyridine rings is 1. The zero-order valence-electron chi connectivity index (χ0n) is 17.3. The predicted molar refractivity (Wildman–Crippen MR) is 116 cm³/mol. The van der Waals surface area contributed by atoms with E-state index in [9.17, 15) is 14.4 Å². The molecule has 31 heavy (non-hydrogen) atoms. The predicted octanol–water partition coefficient (Wildman–Crippen LogP) is 2.53. The molecule has 2 aromatic rings. The Labute approximate surface area is 181 Å². The number of rotatable bonds is 6. The van der Waals surface area contributed by atoms with Crippen molar-refractivity contribution in [2.75, 3.05) is 18.4 Å². The van der Waals surface area contributed by atoms with E-state index in [1.165, 1.54) is 0 Å². The number of carbonyl (C=O) groups is 3. The van der Waals surface area contributed by atoms with Crippen molar-refractivity contribution in [2.24, 2.45) is 5.92 Å².